The molecular weight excluding hydrogens is 419 g/mol. The lowest BCUT2D eigenvalue weighted by Crippen LogP contribution is -2.23. The molecule has 1 N–H and O–H groups in total. The Morgan fingerprint density at radius 3 is 2.73 bits per heavy atom. The number of anilines is 1. The fraction of sp³-hybridized carbons (Fsp3) is 0.0909. The molecule has 0 spiro atoms. The first-order valence-electron chi connectivity index (χ1n) is 9.01. The van der Waals surface area contributed by atoms with Crippen LogP contribution in [0.4, 0.5) is 10.1 Å². The van der Waals surface area contributed by atoms with Crippen molar-refractivity contribution < 1.29 is 9.18 Å². The van der Waals surface area contributed by atoms with Crippen LogP contribution in [-0.4, -0.2) is 21.1 Å². The minimum absolute atomic E-state index is 0.229. The third-order valence-corrected chi connectivity index (χ3v) is 6.44. The average Bonchev–Trinajstić information content (AvgIpc) is 3.20. The molecular formula is C22H15FN4OS2. The van der Waals surface area contributed by atoms with Crippen LogP contribution in [0.2, 0.25) is 0 Å². The van der Waals surface area contributed by atoms with Crippen LogP contribution in [0.25, 0.3) is 21.3 Å². The number of nitriles is 1. The number of nitrogens with zero attached hydrogens (tertiary/aromatic N) is 3. The molecule has 0 aliphatic heterocycles. The van der Waals surface area contributed by atoms with Crippen LogP contribution in [0.5, 0.6) is 0 Å². The number of hydrogen-bond acceptors (Lipinski definition) is 6. The number of thioether (sulfide) groups is 1. The molecule has 4 aromatic rings. The quantitative estimate of drug-likeness (QED) is 0.332. The molecule has 2 heterocycles. The fourth-order valence-electron chi connectivity index (χ4n) is 2.92. The first-order valence-corrected chi connectivity index (χ1v) is 10.8. The Labute approximate surface area is 180 Å². The third kappa shape index (κ3) is 4.03. The molecule has 1 unspecified atom stereocenters. The molecule has 5 nitrogen and oxygen atoms in total. The van der Waals surface area contributed by atoms with Crippen LogP contribution in [0.15, 0.2) is 65.3 Å². The van der Waals surface area contributed by atoms with Gasteiger partial charge in [-0.25, -0.2) is 14.4 Å². The molecule has 8 heteroatoms. The van der Waals surface area contributed by atoms with Crippen molar-refractivity contribution in [3.05, 3.63) is 71.6 Å². The first-order chi connectivity index (χ1) is 14.6. The first kappa shape index (κ1) is 20.0. The van der Waals surface area contributed by atoms with Crippen LogP contribution in [0.1, 0.15) is 12.5 Å². The topological polar surface area (TPSA) is 78.7 Å². The molecule has 148 valence electrons. The fourth-order valence-corrected chi connectivity index (χ4v) is 4.84. The highest BCUT2D eigenvalue weighted by Crippen LogP contribution is 2.39. The molecule has 0 aliphatic rings. The van der Waals surface area contributed by atoms with Gasteiger partial charge in [-0.1, -0.05) is 36.0 Å². The Hall–Kier alpha value is -3.28. The summed E-state index contributed by atoms with van der Waals surface area (Å²) in [6, 6.07) is 15.2. The van der Waals surface area contributed by atoms with Crippen molar-refractivity contribution in [2.75, 3.05) is 5.32 Å². The summed E-state index contributed by atoms with van der Waals surface area (Å²) in [5.74, 6) is -0.528. The zero-order chi connectivity index (χ0) is 21.1. The number of aromatic nitrogens is 2. The third-order valence-electron chi connectivity index (χ3n) is 4.45. The zero-order valence-corrected chi connectivity index (χ0v) is 17.4. The minimum atomic E-state index is -0.462. The molecule has 1 atom stereocenters. The highest BCUT2D eigenvalue weighted by molar-refractivity contribution is 8.00. The van der Waals surface area contributed by atoms with Crippen molar-refractivity contribution in [2.24, 2.45) is 0 Å². The number of carbonyl (C=O) groups excluding carboxylic acids is 1. The molecule has 2 aromatic carbocycles. The summed E-state index contributed by atoms with van der Waals surface area (Å²) in [6.45, 7) is 1.78. The number of thiophene rings is 1. The van der Waals surface area contributed by atoms with Gasteiger partial charge in [-0.3, -0.25) is 4.79 Å². The molecule has 0 saturated heterocycles. The summed E-state index contributed by atoms with van der Waals surface area (Å²) in [7, 11) is 0. The molecule has 0 fully saturated rings. The van der Waals surface area contributed by atoms with E-state index < -0.39 is 5.25 Å². The Kier molecular flexibility index (Phi) is 5.74. The summed E-state index contributed by atoms with van der Waals surface area (Å²) in [5, 5.41) is 15.0. The summed E-state index contributed by atoms with van der Waals surface area (Å²) in [4.78, 5) is 22.3. The van der Waals surface area contributed by atoms with E-state index in [2.05, 4.69) is 21.4 Å². The van der Waals surface area contributed by atoms with Gasteiger partial charge >= 0.3 is 0 Å². The van der Waals surface area contributed by atoms with E-state index in [4.69, 9.17) is 0 Å². The van der Waals surface area contributed by atoms with E-state index in [-0.39, 0.29) is 11.7 Å². The van der Waals surface area contributed by atoms with Gasteiger partial charge in [0.05, 0.1) is 21.9 Å². The average molecular weight is 435 g/mol. The van der Waals surface area contributed by atoms with E-state index in [0.29, 0.717) is 16.3 Å². The maximum Gasteiger partial charge on any atom is 0.237 e. The van der Waals surface area contributed by atoms with E-state index in [1.165, 1.54) is 41.6 Å². The molecule has 0 radical (unpaired) electrons. The lowest BCUT2D eigenvalue weighted by Gasteiger charge is -2.13. The number of rotatable bonds is 5. The Bertz CT molecular complexity index is 1260. The Morgan fingerprint density at radius 1 is 1.20 bits per heavy atom. The van der Waals surface area contributed by atoms with E-state index in [1.54, 1.807) is 43.3 Å². The van der Waals surface area contributed by atoms with Crippen molar-refractivity contribution in [3.63, 3.8) is 0 Å². The normalized spacial score (nSPS) is 11.8. The highest BCUT2D eigenvalue weighted by atomic mass is 32.2. The lowest BCUT2D eigenvalue weighted by atomic mass is 10.1. The van der Waals surface area contributed by atoms with Gasteiger partial charge < -0.3 is 5.32 Å². The molecule has 0 aliphatic carbocycles. The second-order valence-corrected chi connectivity index (χ2v) is 8.61. The van der Waals surface area contributed by atoms with Crippen molar-refractivity contribution >= 4 is 44.9 Å². The molecule has 4 rings (SSSR count). The maximum atomic E-state index is 13.3. The largest absolute Gasteiger partial charge is 0.324 e. The predicted octanol–water partition coefficient (Wildman–Crippen LogP) is 5.49. The van der Waals surface area contributed by atoms with Crippen LogP contribution in [-0.2, 0) is 4.79 Å². The van der Waals surface area contributed by atoms with E-state index in [0.717, 1.165) is 21.3 Å². The van der Waals surface area contributed by atoms with E-state index in [9.17, 15) is 14.4 Å². The monoisotopic (exact) mass is 434 g/mol. The predicted molar refractivity (Wildman–Crippen MR) is 118 cm³/mol. The number of carbonyl (C=O) groups is 1. The molecule has 0 saturated carbocycles. The molecule has 0 bridgehead atoms. The number of fused-ring (bicyclic) bond motifs is 1. The van der Waals surface area contributed by atoms with Crippen molar-refractivity contribution in [3.8, 4) is 17.2 Å². The highest BCUT2D eigenvalue weighted by Gasteiger charge is 2.20. The second-order valence-electron chi connectivity index (χ2n) is 6.42. The van der Waals surface area contributed by atoms with Gasteiger partial charge in [0.15, 0.2) is 0 Å². The Balaban J connectivity index is 1.62. The summed E-state index contributed by atoms with van der Waals surface area (Å²) in [6.07, 6.45) is 1.48. The van der Waals surface area contributed by atoms with E-state index in [1.807, 2.05) is 5.38 Å². The summed E-state index contributed by atoms with van der Waals surface area (Å²) < 4.78 is 13.3. The number of nitrogens with one attached hydrogen (secondary N) is 1. The smallest absolute Gasteiger partial charge is 0.237 e. The van der Waals surface area contributed by atoms with Gasteiger partial charge in [-0.15, -0.1) is 11.3 Å². The minimum Gasteiger partial charge on any atom is -0.324 e. The van der Waals surface area contributed by atoms with Crippen molar-refractivity contribution in [1.29, 1.82) is 5.26 Å². The number of halogens is 1. The number of hydrogen-bond donors (Lipinski definition) is 1. The summed E-state index contributed by atoms with van der Waals surface area (Å²) >= 11 is 2.79. The van der Waals surface area contributed by atoms with Gasteiger partial charge in [0.2, 0.25) is 5.91 Å². The molecule has 1 amide bonds. The van der Waals surface area contributed by atoms with Gasteiger partial charge in [-0.2, -0.15) is 5.26 Å². The van der Waals surface area contributed by atoms with Crippen molar-refractivity contribution in [2.45, 2.75) is 17.2 Å². The SMILES string of the molecule is CC(Sc1ncnc2scc(-c3ccc(F)cc3)c12)C(=O)Nc1ccccc1C#N. The van der Waals surface area contributed by atoms with Crippen LogP contribution in [0.3, 0.4) is 0 Å². The Morgan fingerprint density at radius 2 is 1.97 bits per heavy atom. The van der Waals surface area contributed by atoms with Crippen LogP contribution in [0, 0.1) is 17.1 Å². The number of benzene rings is 2. The van der Waals surface area contributed by atoms with E-state index >= 15 is 0 Å². The van der Waals surface area contributed by atoms with Gasteiger partial charge in [0.25, 0.3) is 0 Å². The van der Waals surface area contributed by atoms with Gasteiger partial charge in [0, 0.05) is 10.9 Å². The zero-order valence-electron chi connectivity index (χ0n) is 15.8. The molecule has 30 heavy (non-hydrogen) atoms. The number of amides is 1. The molecule has 2 aromatic heterocycles. The lowest BCUT2D eigenvalue weighted by molar-refractivity contribution is -0.115. The van der Waals surface area contributed by atoms with Gasteiger partial charge in [-0.05, 0) is 36.8 Å². The second kappa shape index (κ2) is 8.61. The van der Waals surface area contributed by atoms with Crippen LogP contribution >= 0.6 is 23.1 Å². The maximum absolute atomic E-state index is 13.3. The van der Waals surface area contributed by atoms with Gasteiger partial charge in [0.1, 0.15) is 28.1 Å². The standard InChI is InChI=1S/C22H15FN4OS2/c1-13(20(28)27-18-5-3-2-4-15(18)10-24)30-22-19-17(11-29-21(19)25-12-26-22)14-6-8-16(23)9-7-14/h2-9,11-13H,1H3,(H,27,28). The van der Waals surface area contributed by atoms with Crippen LogP contribution < -0.4 is 5.32 Å². The van der Waals surface area contributed by atoms with Crippen molar-refractivity contribution in [1.82, 2.24) is 9.97 Å². The summed E-state index contributed by atoms with van der Waals surface area (Å²) in [5.41, 5.74) is 2.65. The number of para-hydroxylation sites is 1.